The van der Waals surface area contributed by atoms with Crippen molar-refractivity contribution >= 4 is 16.9 Å². The van der Waals surface area contributed by atoms with Crippen molar-refractivity contribution in [1.29, 1.82) is 0 Å². The quantitative estimate of drug-likeness (QED) is 0.647. The highest BCUT2D eigenvalue weighted by atomic mass is 16.5. The van der Waals surface area contributed by atoms with E-state index in [0.29, 0.717) is 32.6 Å². The number of aliphatic hydroxyl groups is 1. The van der Waals surface area contributed by atoms with Crippen LogP contribution in [0.4, 0.5) is 0 Å². The predicted octanol–water partition coefficient (Wildman–Crippen LogP) is 2.86. The Morgan fingerprint density at radius 2 is 1.83 bits per heavy atom. The molecule has 0 aliphatic carbocycles. The minimum Gasteiger partial charge on any atom is -0.396 e. The summed E-state index contributed by atoms with van der Waals surface area (Å²) in [5.74, 6) is 0.853. The van der Waals surface area contributed by atoms with E-state index in [4.69, 9.17) is 9.72 Å². The number of aromatic nitrogens is 2. The van der Waals surface area contributed by atoms with E-state index in [2.05, 4.69) is 16.0 Å². The number of aliphatic hydroxyl groups excluding tert-OH is 1. The molecule has 0 bridgehead atoms. The molecule has 1 aliphatic heterocycles. The molecule has 0 atom stereocenters. The first kappa shape index (κ1) is 19.6. The topological polar surface area (TPSA) is 76.4 Å². The van der Waals surface area contributed by atoms with Crippen LogP contribution in [0.15, 0.2) is 54.6 Å². The lowest BCUT2D eigenvalue weighted by Crippen LogP contribution is -2.43. The summed E-state index contributed by atoms with van der Waals surface area (Å²) in [5.41, 5.74) is 2.74. The molecule has 1 fully saturated rings. The maximum Gasteiger partial charge on any atom is 0.220 e. The predicted molar refractivity (Wildman–Crippen MR) is 112 cm³/mol. The van der Waals surface area contributed by atoms with Gasteiger partial charge in [0.05, 0.1) is 17.6 Å². The van der Waals surface area contributed by atoms with E-state index >= 15 is 0 Å². The molecule has 2 aromatic carbocycles. The number of ether oxygens (including phenoxy) is 1. The number of amides is 1. The molecule has 1 aliphatic rings. The zero-order valence-electron chi connectivity index (χ0n) is 16.5. The van der Waals surface area contributed by atoms with Crippen molar-refractivity contribution in [3.05, 3.63) is 60.4 Å². The summed E-state index contributed by atoms with van der Waals surface area (Å²) in [5, 5.41) is 12.8. The first-order chi connectivity index (χ1) is 14.2. The van der Waals surface area contributed by atoms with Crippen molar-refractivity contribution in [2.75, 3.05) is 26.4 Å². The van der Waals surface area contributed by atoms with Crippen LogP contribution in [0, 0.1) is 5.41 Å². The molecule has 0 saturated carbocycles. The van der Waals surface area contributed by atoms with E-state index in [9.17, 15) is 9.90 Å². The number of carbonyl (C=O) groups is 1. The zero-order chi connectivity index (χ0) is 20.1. The van der Waals surface area contributed by atoms with E-state index in [0.717, 1.165) is 35.4 Å². The monoisotopic (exact) mass is 393 g/mol. The Hall–Kier alpha value is -2.70. The molecule has 0 spiro atoms. The molecule has 6 nitrogen and oxygen atoms in total. The molecule has 0 radical (unpaired) electrons. The van der Waals surface area contributed by atoms with E-state index in [1.54, 1.807) is 0 Å². The van der Waals surface area contributed by atoms with Gasteiger partial charge in [-0.2, -0.15) is 0 Å². The van der Waals surface area contributed by atoms with Crippen molar-refractivity contribution in [2.45, 2.75) is 25.7 Å². The first-order valence-electron chi connectivity index (χ1n) is 10.2. The Balaban J connectivity index is 1.46. The lowest BCUT2D eigenvalue weighted by Gasteiger charge is -2.35. The largest absolute Gasteiger partial charge is 0.396 e. The number of hydrogen-bond acceptors (Lipinski definition) is 4. The first-order valence-corrected chi connectivity index (χ1v) is 10.2. The Morgan fingerprint density at radius 1 is 1.10 bits per heavy atom. The molecule has 3 aromatic rings. The van der Waals surface area contributed by atoms with Gasteiger partial charge in [0.2, 0.25) is 5.91 Å². The molecule has 6 heteroatoms. The van der Waals surface area contributed by atoms with Crippen molar-refractivity contribution in [1.82, 2.24) is 14.9 Å². The van der Waals surface area contributed by atoms with Crippen LogP contribution in [0.25, 0.3) is 16.7 Å². The van der Waals surface area contributed by atoms with Gasteiger partial charge in [0, 0.05) is 43.7 Å². The summed E-state index contributed by atoms with van der Waals surface area (Å²) in [6.45, 7) is 1.83. The molecule has 152 valence electrons. The average Bonchev–Trinajstić information content (AvgIpc) is 3.16. The van der Waals surface area contributed by atoms with Crippen LogP contribution in [0.1, 0.15) is 25.1 Å². The summed E-state index contributed by atoms with van der Waals surface area (Å²) < 4.78 is 7.51. The molecule has 1 aromatic heterocycles. The van der Waals surface area contributed by atoms with Gasteiger partial charge in [-0.1, -0.05) is 30.3 Å². The van der Waals surface area contributed by atoms with Crippen molar-refractivity contribution in [2.24, 2.45) is 5.41 Å². The summed E-state index contributed by atoms with van der Waals surface area (Å²) in [4.78, 5) is 17.3. The number of hydrogen-bond donors (Lipinski definition) is 2. The molecular weight excluding hydrogens is 366 g/mol. The van der Waals surface area contributed by atoms with Gasteiger partial charge in [-0.15, -0.1) is 0 Å². The summed E-state index contributed by atoms with van der Waals surface area (Å²) in [7, 11) is 0. The second-order valence-corrected chi connectivity index (χ2v) is 7.73. The molecule has 1 saturated heterocycles. The minimum absolute atomic E-state index is 0.0176. The van der Waals surface area contributed by atoms with E-state index in [1.807, 2.05) is 48.5 Å². The summed E-state index contributed by atoms with van der Waals surface area (Å²) >= 11 is 0. The lowest BCUT2D eigenvalue weighted by atomic mass is 9.81. The van der Waals surface area contributed by atoms with Gasteiger partial charge in [0.25, 0.3) is 0 Å². The fraction of sp³-hybridized carbons (Fsp3) is 0.391. The second-order valence-electron chi connectivity index (χ2n) is 7.73. The van der Waals surface area contributed by atoms with E-state index in [-0.39, 0.29) is 17.9 Å². The Bertz CT molecular complexity index is 962. The number of nitrogens with one attached hydrogen (secondary N) is 1. The fourth-order valence-corrected chi connectivity index (χ4v) is 3.90. The molecule has 2 heterocycles. The van der Waals surface area contributed by atoms with Gasteiger partial charge < -0.3 is 15.2 Å². The van der Waals surface area contributed by atoms with Crippen LogP contribution in [0.3, 0.4) is 0 Å². The van der Waals surface area contributed by atoms with Crippen LogP contribution in [0.2, 0.25) is 0 Å². The number of rotatable bonds is 7. The number of carbonyl (C=O) groups excluding carboxylic acids is 1. The fourth-order valence-electron chi connectivity index (χ4n) is 3.90. The van der Waals surface area contributed by atoms with Gasteiger partial charge in [-0.05, 0) is 37.1 Å². The van der Waals surface area contributed by atoms with Crippen LogP contribution >= 0.6 is 0 Å². The highest BCUT2D eigenvalue weighted by Crippen LogP contribution is 2.29. The molecule has 2 N–H and O–H groups in total. The van der Waals surface area contributed by atoms with Crippen LogP contribution in [0.5, 0.6) is 0 Å². The summed E-state index contributed by atoms with van der Waals surface area (Å²) in [6, 6.07) is 18.1. The van der Waals surface area contributed by atoms with Crippen molar-refractivity contribution in [3.8, 4) is 5.69 Å². The molecule has 1 amide bonds. The minimum atomic E-state index is -0.259. The average molecular weight is 393 g/mol. The Kier molecular flexibility index (Phi) is 5.92. The molecule has 0 unspecified atom stereocenters. The zero-order valence-corrected chi connectivity index (χ0v) is 16.5. The molecule has 29 heavy (non-hydrogen) atoms. The smallest absolute Gasteiger partial charge is 0.220 e. The van der Waals surface area contributed by atoms with Gasteiger partial charge in [-0.25, -0.2) is 4.98 Å². The number of para-hydroxylation sites is 3. The number of fused-ring (bicyclic) bond motifs is 1. The highest BCUT2D eigenvalue weighted by molar-refractivity contribution is 5.79. The summed E-state index contributed by atoms with van der Waals surface area (Å²) in [6.07, 6.45) is 2.44. The van der Waals surface area contributed by atoms with Gasteiger partial charge >= 0.3 is 0 Å². The van der Waals surface area contributed by atoms with Crippen LogP contribution in [-0.4, -0.2) is 46.9 Å². The van der Waals surface area contributed by atoms with Gasteiger partial charge in [0.15, 0.2) is 0 Å². The normalized spacial score (nSPS) is 16.0. The lowest BCUT2D eigenvalue weighted by molar-refractivity contribution is -0.122. The Morgan fingerprint density at radius 3 is 2.59 bits per heavy atom. The number of imidazole rings is 1. The SMILES string of the molecule is O=C(CCc1nc2ccccc2n1-c1ccccc1)NCC1(CO)CCOCC1. The third-order valence-corrected chi connectivity index (χ3v) is 5.77. The molecule has 4 rings (SSSR count). The van der Waals surface area contributed by atoms with E-state index < -0.39 is 0 Å². The second kappa shape index (κ2) is 8.76. The Labute approximate surface area is 170 Å². The van der Waals surface area contributed by atoms with Crippen LogP contribution in [-0.2, 0) is 16.0 Å². The molecular formula is C23H27N3O3. The van der Waals surface area contributed by atoms with E-state index in [1.165, 1.54) is 0 Å². The van der Waals surface area contributed by atoms with Crippen molar-refractivity contribution < 1.29 is 14.6 Å². The standard InChI is InChI=1S/C23H27N3O3/c27-17-23(12-14-29-15-13-23)16-24-22(28)11-10-21-25-19-8-4-5-9-20(19)26(21)18-6-2-1-3-7-18/h1-9,27H,10-17H2,(H,24,28). The van der Waals surface area contributed by atoms with Crippen LogP contribution < -0.4 is 5.32 Å². The van der Waals surface area contributed by atoms with Gasteiger partial charge in [0.1, 0.15) is 5.82 Å². The third kappa shape index (κ3) is 4.33. The van der Waals surface area contributed by atoms with Crippen molar-refractivity contribution in [3.63, 3.8) is 0 Å². The number of nitrogens with zero attached hydrogens (tertiary/aromatic N) is 2. The van der Waals surface area contributed by atoms with Gasteiger partial charge in [-0.3, -0.25) is 9.36 Å². The highest BCUT2D eigenvalue weighted by Gasteiger charge is 2.32. The maximum absolute atomic E-state index is 12.5. The number of benzene rings is 2. The third-order valence-electron chi connectivity index (χ3n) is 5.77. The maximum atomic E-state index is 12.5. The number of aryl methyl sites for hydroxylation is 1.